The number of nitrogens with zero attached hydrogens (tertiary/aromatic N) is 4. The Labute approximate surface area is 463 Å². The Kier molecular flexibility index (Phi) is 13.3. The van der Waals surface area contributed by atoms with Crippen LogP contribution in [0.3, 0.4) is 0 Å². The SMILES string of the molecule is CC(C)(C)c1ccnc(-n2c3[c-]c(Oc4[c-]c(-n5[c-][n+](-c6c(-c7cc[c]8[c](c7)[Ge]([CH3])([CH3])[CH2][CH2][Ge]8([CH3])[CH3])cccc6-c6cc[c]7[c](c6)[Ge]([CH3])([CH3])[CH2][CH2][Ge]7([CH3])[CH3])c6ccccc65)ccc4)ccc3c3ccccc32)c1.[Pt]. The van der Waals surface area contributed by atoms with Crippen LogP contribution in [-0.4, -0.2) is 67.2 Å². The molecule has 0 fully saturated rings. The zero-order valence-corrected chi connectivity index (χ0v) is 55.4. The number of rotatable bonds is 7. The van der Waals surface area contributed by atoms with Crippen LogP contribution < -0.4 is 26.9 Å². The second-order valence-electron chi connectivity index (χ2n) is 24.6. The van der Waals surface area contributed by atoms with Gasteiger partial charge in [-0.1, -0.05) is 44.5 Å². The van der Waals surface area contributed by atoms with Crippen LogP contribution in [0.2, 0.25) is 67.1 Å². The van der Waals surface area contributed by atoms with Gasteiger partial charge in [0.2, 0.25) is 0 Å². The molecule has 10 heteroatoms. The molecule has 2 aliphatic rings. The van der Waals surface area contributed by atoms with Crippen molar-refractivity contribution in [1.82, 2.24) is 14.1 Å². The number of para-hydroxylation sites is 4. The van der Waals surface area contributed by atoms with E-state index in [1.165, 1.54) is 54.5 Å². The number of ether oxygens (including phenoxy) is 1. The van der Waals surface area contributed by atoms with Gasteiger partial charge in [0.1, 0.15) is 5.82 Å². The van der Waals surface area contributed by atoms with Crippen molar-refractivity contribution in [3.8, 4) is 50.9 Å². The predicted octanol–water partition coefficient (Wildman–Crippen LogP) is 13.9. The average Bonchev–Trinajstić information content (AvgIpc) is 3.93. The summed E-state index contributed by atoms with van der Waals surface area (Å²) >= 11 is -8.73. The third kappa shape index (κ3) is 9.00. The Morgan fingerprint density at radius 3 is 1.74 bits per heavy atom. The van der Waals surface area contributed by atoms with Crippen LogP contribution in [0.4, 0.5) is 0 Å². The first-order chi connectivity index (χ1) is 34.8. The fourth-order valence-electron chi connectivity index (χ4n) is 12.1. The Balaban J connectivity index is 0.00000588. The van der Waals surface area contributed by atoms with Gasteiger partial charge in [-0.3, -0.25) is 0 Å². The molecule has 5 nitrogen and oxygen atoms in total. The molecule has 0 radical (unpaired) electrons. The van der Waals surface area contributed by atoms with Gasteiger partial charge in [-0.25, -0.2) is 4.98 Å². The van der Waals surface area contributed by atoms with Crippen LogP contribution >= 0.6 is 0 Å². The van der Waals surface area contributed by atoms with Gasteiger partial charge in [0.05, 0.1) is 0 Å². The van der Waals surface area contributed by atoms with E-state index in [0.29, 0.717) is 11.5 Å². The van der Waals surface area contributed by atoms with E-state index in [9.17, 15) is 0 Å². The third-order valence-corrected chi connectivity index (χ3v) is 51.8. The van der Waals surface area contributed by atoms with E-state index in [1.807, 2.05) is 18.3 Å². The van der Waals surface area contributed by atoms with Crippen LogP contribution in [0, 0.1) is 18.5 Å². The van der Waals surface area contributed by atoms with E-state index >= 15 is 0 Å². The molecule has 7 aromatic carbocycles. The fourth-order valence-corrected chi connectivity index (χ4v) is 72.9. The average molecular weight is 1390 g/mol. The van der Waals surface area contributed by atoms with Gasteiger partial charge in [0.15, 0.2) is 0 Å². The Morgan fingerprint density at radius 1 is 0.541 bits per heavy atom. The molecule has 376 valence electrons. The van der Waals surface area contributed by atoms with E-state index < -0.39 is 53.1 Å². The molecule has 0 bridgehead atoms. The summed E-state index contributed by atoms with van der Waals surface area (Å²) in [4.78, 5) is 4.90. The summed E-state index contributed by atoms with van der Waals surface area (Å²) in [7, 11) is 0. The quantitative estimate of drug-likeness (QED) is 0.0906. The molecule has 0 unspecified atom stereocenters. The maximum absolute atomic E-state index is 6.76. The van der Waals surface area contributed by atoms with Gasteiger partial charge in [0.25, 0.3) is 0 Å². The summed E-state index contributed by atoms with van der Waals surface area (Å²) in [6, 6.07) is 61.7. The van der Waals surface area contributed by atoms with E-state index in [0.717, 1.165) is 44.3 Å². The van der Waals surface area contributed by atoms with Crippen molar-refractivity contribution in [2.24, 2.45) is 0 Å². The third-order valence-electron chi connectivity index (χ3n) is 16.8. The normalized spacial score (nSPS) is 16.4. The minimum Gasteiger partial charge on any atom is -0.159 e. The summed E-state index contributed by atoms with van der Waals surface area (Å²) in [6.07, 6.45) is 5.88. The van der Waals surface area contributed by atoms with Crippen LogP contribution in [0.1, 0.15) is 26.3 Å². The molecular weight excluding hydrogens is 1330 g/mol. The van der Waals surface area contributed by atoms with Gasteiger partial charge in [-0.2, -0.15) is 6.07 Å². The molecule has 0 saturated heterocycles. The summed E-state index contributed by atoms with van der Waals surface area (Å²) in [6.45, 7) is 6.72. The van der Waals surface area contributed by atoms with E-state index in [4.69, 9.17) is 9.72 Å². The zero-order valence-electron chi connectivity index (χ0n) is 44.8. The molecule has 0 saturated carbocycles. The number of imidazole rings is 1. The van der Waals surface area contributed by atoms with Crippen molar-refractivity contribution in [3.05, 3.63) is 176 Å². The molecule has 0 aliphatic carbocycles. The number of benzene rings is 7. The van der Waals surface area contributed by atoms with Crippen molar-refractivity contribution in [3.63, 3.8) is 0 Å². The summed E-state index contributed by atoms with van der Waals surface area (Å²) in [5.74, 6) is 23.2. The summed E-state index contributed by atoms with van der Waals surface area (Å²) < 4.78 is 20.4. The van der Waals surface area contributed by atoms with Gasteiger partial charge in [0, 0.05) is 38.5 Å². The molecule has 74 heavy (non-hydrogen) atoms. The van der Waals surface area contributed by atoms with Crippen LogP contribution in [-0.2, 0) is 26.5 Å². The fraction of sp³-hybridized carbons (Fsp3) is 0.250. The second kappa shape index (κ2) is 19.0. The molecule has 0 spiro atoms. The minimum absolute atomic E-state index is 0. The second-order valence-corrected chi connectivity index (χ2v) is 64.9. The van der Waals surface area contributed by atoms with Crippen molar-refractivity contribution in [1.29, 1.82) is 0 Å². The predicted molar refractivity (Wildman–Crippen MR) is 317 cm³/mol. The molecule has 5 heterocycles. The van der Waals surface area contributed by atoms with Crippen molar-refractivity contribution >= 4 is 103 Å². The number of pyridine rings is 1. The van der Waals surface area contributed by atoms with E-state index in [-0.39, 0.29) is 26.5 Å². The van der Waals surface area contributed by atoms with Crippen molar-refractivity contribution in [2.45, 2.75) is 93.2 Å². The van der Waals surface area contributed by atoms with Gasteiger partial charge in [-0.15, -0.1) is 17.5 Å². The molecular formula is C64H66Ge4N4OPt-2. The number of aromatic nitrogens is 4. The molecule has 0 N–H and O–H groups in total. The zero-order chi connectivity index (χ0) is 50.8. The minimum atomic E-state index is -2.25. The molecule has 0 amide bonds. The van der Waals surface area contributed by atoms with Crippen molar-refractivity contribution in [2.75, 3.05) is 0 Å². The van der Waals surface area contributed by atoms with E-state index in [1.54, 1.807) is 17.6 Å². The number of hydrogen-bond acceptors (Lipinski definition) is 2. The van der Waals surface area contributed by atoms with Crippen LogP contribution in [0.15, 0.2) is 152 Å². The van der Waals surface area contributed by atoms with Gasteiger partial charge >= 0.3 is 311 Å². The van der Waals surface area contributed by atoms with Crippen molar-refractivity contribution < 1.29 is 30.4 Å². The maximum atomic E-state index is 6.76. The first-order valence-corrected chi connectivity index (χ1v) is 53.2. The summed E-state index contributed by atoms with van der Waals surface area (Å²) in [5, 5.41) is 8.03. The monoisotopic (exact) mass is 1400 g/mol. The summed E-state index contributed by atoms with van der Waals surface area (Å²) in [5.41, 5.74) is 12.5. The van der Waals surface area contributed by atoms with Crippen LogP contribution in [0.5, 0.6) is 11.5 Å². The van der Waals surface area contributed by atoms with Crippen LogP contribution in [0.25, 0.3) is 72.3 Å². The van der Waals surface area contributed by atoms with Gasteiger partial charge < -0.3 is 4.57 Å². The molecule has 10 aromatic rings. The standard InChI is InChI=1S/C64H66Ge4N4O.Pt/c1-64(2,3)46-32-37-69-62(40-46)72-58-23-13-12-20-52(58)53-29-28-49(42-61(53)72)73-48-19-16-18-47(41-48)70-43-71(60-25-15-14-24-59(60)70)63-50(44-26-30-54-56(38-44)67(8,9)35-33-65(54,4)5)21-17-22-51(63)45-27-31-55-57(39-45)68(10,11)36-34-66(55,6)7;/h12-32,37-40H,33-36H2,1-11H3;/q-2;. The molecule has 3 aromatic heterocycles. The molecule has 0 atom stereocenters. The topological polar surface area (TPSA) is 35.9 Å². The first kappa shape index (κ1) is 51.7. The Morgan fingerprint density at radius 2 is 1.11 bits per heavy atom. The van der Waals surface area contributed by atoms with Gasteiger partial charge in [-0.05, 0) is 34.6 Å². The molecule has 12 rings (SSSR count). The smallest absolute Gasteiger partial charge is 0.159 e. The first-order valence-electron chi connectivity index (χ1n) is 26.3. The number of fused-ring (bicyclic) bond motifs is 6. The number of hydrogen-bond donors (Lipinski definition) is 0. The van der Waals surface area contributed by atoms with E-state index in [2.05, 4.69) is 232 Å². The Hall–Kier alpha value is -4.38. The molecule has 2 aliphatic heterocycles. The Bertz CT molecular complexity index is 3760.